The number of rotatable bonds is 6. The highest BCUT2D eigenvalue weighted by Gasteiger charge is 2.30. The smallest absolute Gasteiger partial charge is 0.416 e. The number of aromatic nitrogens is 1. The van der Waals surface area contributed by atoms with Gasteiger partial charge in [-0.2, -0.15) is 13.2 Å². The Bertz CT molecular complexity index is 930. The molecule has 0 atom stereocenters. The molecule has 0 fully saturated rings. The van der Waals surface area contributed by atoms with Crippen LogP contribution in [0.5, 0.6) is 5.75 Å². The monoisotopic (exact) mass is 375 g/mol. The van der Waals surface area contributed by atoms with Crippen molar-refractivity contribution < 1.29 is 27.1 Å². The number of benzene rings is 2. The zero-order chi connectivity index (χ0) is 19.4. The highest BCUT2D eigenvalue weighted by Crippen LogP contribution is 2.31. The van der Waals surface area contributed by atoms with Crippen molar-refractivity contribution >= 4 is 6.29 Å². The van der Waals surface area contributed by atoms with Crippen molar-refractivity contribution in [3.8, 4) is 17.2 Å². The lowest BCUT2D eigenvalue weighted by molar-refractivity contribution is -0.137. The summed E-state index contributed by atoms with van der Waals surface area (Å²) in [5, 5.41) is 0. The summed E-state index contributed by atoms with van der Waals surface area (Å²) in [4.78, 5) is 15.1. The van der Waals surface area contributed by atoms with Gasteiger partial charge >= 0.3 is 6.18 Å². The predicted octanol–water partition coefficient (Wildman–Crippen LogP) is 5.10. The number of aryl methyl sites for hydroxylation is 1. The van der Waals surface area contributed by atoms with Crippen LogP contribution in [0.1, 0.15) is 27.4 Å². The van der Waals surface area contributed by atoms with Crippen LogP contribution in [0, 0.1) is 6.92 Å². The Balaban J connectivity index is 1.66. The number of oxazole rings is 1. The van der Waals surface area contributed by atoms with Gasteiger partial charge in [0.05, 0.1) is 17.9 Å². The Hall–Kier alpha value is -3.09. The number of hydrogen-bond acceptors (Lipinski definition) is 4. The molecule has 140 valence electrons. The summed E-state index contributed by atoms with van der Waals surface area (Å²) in [5.41, 5.74) is 0.934. The molecular formula is C20H16F3NO3. The summed E-state index contributed by atoms with van der Waals surface area (Å²) >= 11 is 0. The van der Waals surface area contributed by atoms with E-state index in [2.05, 4.69) is 4.98 Å². The van der Waals surface area contributed by atoms with Gasteiger partial charge in [0.1, 0.15) is 17.8 Å². The van der Waals surface area contributed by atoms with Gasteiger partial charge in [-0.3, -0.25) is 4.79 Å². The lowest BCUT2D eigenvalue weighted by Crippen LogP contribution is -2.04. The number of aldehydes is 1. The maximum atomic E-state index is 12.6. The van der Waals surface area contributed by atoms with Gasteiger partial charge in [-0.25, -0.2) is 4.98 Å². The molecule has 7 heteroatoms. The lowest BCUT2D eigenvalue weighted by Gasteiger charge is -2.06. The van der Waals surface area contributed by atoms with Gasteiger partial charge in [0, 0.05) is 17.5 Å². The molecule has 1 heterocycles. The van der Waals surface area contributed by atoms with E-state index in [1.807, 2.05) is 0 Å². The number of carbonyl (C=O) groups excluding carboxylic acids is 1. The zero-order valence-corrected chi connectivity index (χ0v) is 14.4. The van der Waals surface area contributed by atoms with Gasteiger partial charge in [-0.15, -0.1) is 0 Å². The van der Waals surface area contributed by atoms with Crippen molar-refractivity contribution in [1.82, 2.24) is 4.98 Å². The van der Waals surface area contributed by atoms with E-state index >= 15 is 0 Å². The van der Waals surface area contributed by atoms with E-state index < -0.39 is 11.7 Å². The van der Waals surface area contributed by atoms with Crippen LogP contribution in [0.25, 0.3) is 11.5 Å². The molecule has 0 spiro atoms. The largest absolute Gasteiger partial charge is 0.493 e. The molecule has 0 radical (unpaired) electrons. The number of halogens is 3. The van der Waals surface area contributed by atoms with E-state index in [0.29, 0.717) is 41.4 Å². The molecule has 3 aromatic rings. The maximum absolute atomic E-state index is 12.6. The van der Waals surface area contributed by atoms with Crippen LogP contribution in [-0.4, -0.2) is 17.9 Å². The van der Waals surface area contributed by atoms with Crippen LogP contribution in [-0.2, 0) is 12.6 Å². The molecule has 0 N–H and O–H groups in total. The van der Waals surface area contributed by atoms with Crippen LogP contribution >= 0.6 is 0 Å². The first-order chi connectivity index (χ1) is 12.9. The molecule has 0 saturated heterocycles. The van der Waals surface area contributed by atoms with Crippen molar-refractivity contribution in [3.63, 3.8) is 0 Å². The molecule has 2 aromatic carbocycles. The first-order valence-electron chi connectivity index (χ1n) is 8.19. The predicted molar refractivity (Wildman–Crippen MR) is 92.7 cm³/mol. The molecular weight excluding hydrogens is 359 g/mol. The summed E-state index contributed by atoms with van der Waals surface area (Å²) in [7, 11) is 0. The fraction of sp³-hybridized carbons (Fsp3) is 0.200. The molecule has 4 nitrogen and oxygen atoms in total. The standard InChI is InChI=1S/C20H16F3NO3/c1-13-18(9-10-26-17-4-2-3-14(11-17)12-25)24-19(27-13)15-5-7-16(8-6-15)20(21,22)23/h2-8,11-12H,9-10H2,1H3. The molecule has 0 aliphatic rings. The van der Waals surface area contributed by atoms with Gasteiger partial charge < -0.3 is 9.15 Å². The van der Waals surface area contributed by atoms with Gasteiger partial charge in [0.25, 0.3) is 0 Å². The summed E-state index contributed by atoms with van der Waals surface area (Å²) in [6.07, 6.45) is -3.18. The van der Waals surface area contributed by atoms with Crippen LogP contribution in [0.4, 0.5) is 13.2 Å². The van der Waals surface area contributed by atoms with E-state index in [1.165, 1.54) is 12.1 Å². The molecule has 0 aliphatic heterocycles. The van der Waals surface area contributed by atoms with Crippen molar-refractivity contribution in [2.45, 2.75) is 19.5 Å². The first-order valence-corrected chi connectivity index (χ1v) is 8.19. The highest BCUT2D eigenvalue weighted by atomic mass is 19.4. The SMILES string of the molecule is Cc1oc(-c2ccc(C(F)(F)F)cc2)nc1CCOc1cccc(C=O)c1. The molecule has 0 amide bonds. The Kier molecular flexibility index (Phi) is 5.30. The van der Waals surface area contributed by atoms with Gasteiger partial charge in [-0.05, 0) is 43.3 Å². The van der Waals surface area contributed by atoms with Crippen LogP contribution in [0.15, 0.2) is 52.9 Å². The van der Waals surface area contributed by atoms with E-state index in [0.717, 1.165) is 18.4 Å². The van der Waals surface area contributed by atoms with Crippen molar-refractivity contribution in [2.75, 3.05) is 6.61 Å². The fourth-order valence-corrected chi connectivity index (χ4v) is 2.53. The minimum Gasteiger partial charge on any atom is -0.493 e. The second-order valence-corrected chi connectivity index (χ2v) is 5.89. The molecule has 0 aliphatic carbocycles. The summed E-state index contributed by atoms with van der Waals surface area (Å²) in [6.45, 7) is 2.06. The third-order valence-corrected chi connectivity index (χ3v) is 3.95. The summed E-state index contributed by atoms with van der Waals surface area (Å²) in [5.74, 6) is 1.41. The highest BCUT2D eigenvalue weighted by molar-refractivity contribution is 5.75. The molecule has 0 bridgehead atoms. The maximum Gasteiger partial charge on any atom is 0.416 e. The van der Waals surface area contributed by atoms with E-state index in [-0.39, 0.29) is 5.89 Å². The summed E-state index contributed by atoms with van der Waals surface area (Å²) in [6, 6.07) is 11.4. The molecule has 0 unspecified atom stereocenters. The Morgan fingerprint density at radius 1 is 1.15 bits per heavy atom. The first kappa shape index (κ1) is 18.7. The number of alkyl halides is 3. The van der Waals surface area contributed by atoms with Crippen LogP contribution in [0.3, 0.4) is 0 Å². The van der Waals surface area contributed by atoms with E-state index in [1.54, 1.807) is 31.2 Å². The Morgan fingerprint density at radius 3 is 2.56 bits per heavy atom. The van der Waals surface area contributed by atoms with Gasteiger partial charge in [0.2, 0.25) is 5.89 Å². The van der Waals surface area contributed by atoms with E-state index in [9.17, 15) is 18.0 Å². The quantitative estimate of drug-likeness (QED) is 0.562. The fourth-order valence-electron chi connectivity index (χ4n) is 2.53. The second-order valence-electron chi connectivity index (χ2n) is 5.89. The lowest BCUT2D eigenvalue weighted by atomic mass is 10.1. The molecule has 0 saturated carbocycles. The zero-order valence-electron chi connectivity index (χ0n) is 14.4. The Morgan fingerprint density at radius 2 is 1.89 bits per heavy atom. The molecule has 3 rings (SSSR count). The van der Waals surface area contributed by atoms with Crippen molar-refractivity contribution in [3.05, 3.63) is 71.1 Å². The second kappa shape index (κ2) is 7.65. The molecule has 1 aromatic heterocycles. The minimum atomic E-state index is -4.38. The topological polar surface area (TPSA) is 52.3 Å². The average Bonchev–Trinajstić information content (AvgIpc) is 3.02. The number of nitrogens with zero attached hydrogens (tertiary/aromatic N) is 1. The number of hydrogen-bond donors (Lipinski definition) is 0. The average molecular weight is 375 g/mol. The van der Waals surface area contributed by atoms with E-state index in [4.69, 9.17) is 9.15 Å². The van der Waals surface area contributed by atoms with Crippen molar-refractivity contribution in [1.29, 1.82) is 0 Å². The number of carbonyl (C=O) groups is 1. The third-order valence-electron chi connectivity index (χ3n) is 3.95. The number of ether oxygens (including phenoxy) is 1. The van der Waals surface area contributed by atoms with Gasteiger partial charge in [0.15, 0.2) is 0 Å². The molecule has 27 heavy (non-hydrogen) atoms. The third kappa shape index (κ3) is 4.55. The minimum absolute atomic E-state index is 0.263. The summed E-state index contributed by atoms with van der Waals surface area (Å²) < 4.78 is 49.1. The van der Waals surface area contributed by atoms with Crippen LogP contribution < -0.4 is 4.74 Å². The normalized spacial score (nSPS) is 11.4. The van der Waals surface area contributed by atoms with Crippen molar-refractivity contribution in [2.24, 2.45) is 0 Å². The van der Waals surface area contributed by atoms with Crippen LogP contribution in [0.2, 0.25) is 0 Å². The van der Waals surface area contributed by atoms with Gasteiger partial charge in [-0.1, -0.05) is 12.1 Å². The Labute approximate surface area is 153 Å².